The molecule has 0 aromatic carbocycles. The third-order valence-electron chi connectivity index (χ3n) is 7.76. The van der Waals surface area contributed by atoms with E-state index in [0.29, 0.717) is 29.1 Å². The standard InChI is InChI=1S/C28H34FN9/c1-17-33-26-23(38(17)28(2,3)4)10-19(12-31-26)25-22(29)13-32-27(35-25)34-24-9-6-18(11-30-24)14-37-15-20-7-8-21(16-37)36(20)5/h6,9-13,20-21H,7-8,14-16H2,1-5H3,(H,30,32,34,35). The molecule has 0 aliphatic carbocycles. The molecule has 4 aromatic rings. The van der Waals surface area contributed by atoms with Gasteiger partial charge < -0.3 is 9.88 Å². The maximum Gasteiger partial charge on any atom is 0.229 e. The van der Waals surface area contributed by atoms with Crippen molar-refractivity contribution in [3.63, 3.8) is 0 Å². The van der Waals surface area contributed by atoms with Gasteiger partial charge in [-0.3, -0.25) is 9.80 Å². The van der Waals surface area contributed by atoms with Crippen molar-refractivity contribution in [2.24, 2.45) is 0 Å². The van der Waals surface area contributed by atoms with Crippen LogP contribution in [0.2, 0.25) is 0 Å². The summed E-state index contributed by atoms with van der Waals surface area (Å²) in [5, 5.41) is 3.12. The molecule has 0 radical (unpaired) electrons. The van der Waals surface area contributed by atoms with Gasteiger partial charge in [0.05, 0.1) is 11.7 Å². The summed E-state index contributed by atoms with van der Waals surface area (Å²) >= 11 is 0. The zero-order valence-corrected chi connectivity index (χ0v) is 22.6. The van der Waals surface area contributed by atoms with Crippen LogP contribution in [0.4, 0.5) is 16.2 Å². The van der Waals surface area contributed by atoms with Crippen LogP contribution in [-0.2, 0) is 12.1 Å². The van der Waals surface area contributed by atoms with Gasteiger partial charge in [-0.15, -0.1) is 0 Å². The lowest BCUT2D eigenvalue weighted by molar-refractivity contribution is 0.0837. The molecule has 9 nitrogen and oxygen atoms in total. The Labute approximate surface area is 222 Å². The minimum absolute atomic E-state index is 0.178. The van der Waals surface area contributed by atoms with Gasteiger partial charge in [-0.05, 0) is 65.3 Å². The van der Waals surface area contributed by atoms with Gasteiger partial charge in [-0.1, -0.05) is 6.07 Å². The molecule has 10 heteroatoms. The number of nitrogens with one attached hydrogen (secondary N) is 1. The molecule has 2 atom stereocenters. The van der Waals surface area contributed by atoms with Gasteiger partial charge in [-0.25, -0.2) is 29.3 Å². The number of likely N-dealkylation sites (N-methyl/N-ethyl adjacent to an activating group) is 1. The molecular formula is C28H34FN9. The molecule has 2 fully saturated rings. The molecule has 2 unspecified atom stereocenters. The number of nitrogens with zero attached hydrogens (tertiary/aromatic N) is 8. The Morgan fingerprint density at radius 3 is 2.45 bits per heavy atom. The summed E-state index contributed by atoms with van der Waals surface area (Å²) in [5.41, 5.74) is 3.18. The maximum absolute atomic E-state index is 14.9. The monoisotopic (exact) mass is 515 g/mol. The summed E-state index contributed by atoms with van der Waals surface area (Å²) in [6.07, 6.45) is 7.26. The van der Waals surface area contributed by atoms with Crippen LogP contribution in [0, 0.1) is 12.7 Å². The van der Waals surface area contributed by atoms with Crippen molar-refractivity contribution >= 4 is 22.9 Å². The number of piperazine rings is 1. The number of hydrogen-bond donors (Lipinski definition) is 1. The van der Waals surface area contributed by atoms with Crippen molar-refractivity contribution in [3.8, 4) is 11.3 Å². The highest BCUT2D eigenvalue weighted by Crippen LogP contribution is 2.30. The van der Waals surface area contributed by atoms with Crippen molar-refractivity contribution in [1.82, 2.24) is 39.3 Å². The van der Waals surface area contributed by atoms with E-state index in [2.05, 4.69) is 78.5 Å². The molecule has 0 saturated carbocycles. The average molecular weight is 516 g/mol. The molecular weight excluding hydrogens is 481 g/mol. The number of pyridine rings is 2. The molecule has 6 rings (SSSR count). The highest BCUT2D eigenvalue weighted by atomic mass is 19.1. The quantitative estimate of drug-likeness (QED) is 0.416. The largest absolute Gasteiger partial charge is 0.321 e. The lowest BCUT2D eigenvalue weighted by Crippen LogP contribution is -2.51. The van der Waals surface area contributed by atoms with Crippen molar-refractivity contribution in [2.45, 2.75) is 64.7 Å². The van der Waals surface area contributed by atoms with Crippen LogP contribution in [0.3, 0.4) is 0 Å². The van der Waals surface area contributed by atoms with Crippen LogP contribution in [-0.4, -0.2) is 71.5 Å². The topological polar surface area (TPSA) is 87.9 Å². The second kappa shape index (κ2) is 9.36. The van der Waals surface area contributed by atoms with Crippen molar-refractivity contribution in [2.75, 3.05) is 25.5 Å². The molecule has 0 spiro atoms. The second-order valence-corrected chi connectivity index (χ2v) is 11.5. The van der Waals surface area contributed by atoms with Gasteiger partial charge in [0.25, 0.3) is 0 Å². The van der Waals surface area contributed by atoms with E-state index < -0.39 is 5.82 Å². The number of hydrogen-bond acceptors (Lipinski definition) is 8. The summed E-state index contributed by atoms with van der Waals surface area (Å²) in [4.78, 5) is 27.3. The fourth-order valence-corrected chi connectivity index (χ4v) is 5.98. The van der Waals surface area contributed by atoms with E-state index in [1.807, 2.05) is 25.3 Å². The first-order valence-electron chi connectivity index (χ1n) is 13.2. The van der Waals surface area contributed by atoms with E-state index in [0.717, 1.165) is 31.0 Å². The summed E-state index contributed by atoms with van der Waals surface area (Å²) in [6, 6.07) is 7.22. The number of halogens is 1. The third-order valence-corrected chi connectivity index (χ3v) is 7.76. The Morgan fingerprint density at radius 2 is 1.76 bits per heavy atom. The summed E-state index contributed by atoms with van der Waals surface area (Å²) in [5.74, 6) is 1.23. The molecule has 2 aliphatic heterocycles. The first-order valence-corrected chi connectivity index (χ1v) is 13.2. The van der Waals surface area contributed by atoms with Crippen LogP contribution in [0.25, 0.3) is 22.4 Å². The number of fused-ring (bicyclic) bond motifs is 3. The predicted molar refractivity (Wildman–Crippen MR) is 146 cm³/mol. The normalized spacial score (nSPS) is 20.4. The molecule has 38 heavy (non-hydrogen) atoms. The third kappa shape index (κ3) is 4.63. The van der Waals surface area contributed by atoms with Crippen LogP contribution in [0.15, 0.2) is 36.8 Å². The molecule has 1 N–H and O–H groups in total. The SMILES string of the molecule is Cc1nc2ncc(-c3nc(Nc4ccc(CN5CC6CCC(C5)N6C)cn4)ncc3F)cc2n1C(C)(C)C. The summed E-state index contributed by atoms with van der Waals surface area (Å²) in [7, 11) is 2.25. The molecule has 2 bridgehead atoms. The Balaban J connectivity index is 1.20. The van der Waals surface area contributed by atoms with Gasteiger partial charge in [0.1, 0.15) is 17.3 Å². The van der Waals surface area contributed by atoms with Gasteiger partial charge in [0.15, 0.2) is 11.5 Å². The minimum Gasteiger partial charge on any atom is -0.321 e. The fourth-order valence-electron chi connectivity index (χ4n) is 5.98. The van der Waals surface area contributed by atoms with Gasteiger partial charge in [-0.2, -0.15) is 0 Å². The minimum atomic E-state index is -0.514. The number of rotatable bonds is 5. The average Bonchev–Trinajstić information content (AvgIpc) is 3.30. The van der Waals surface area contributed by atoms with Gasteiger partial charge in [0, 0.05) is 55.2 Å². The van der Waals surface area contributed by atoms with E-state index in [-0.39, 0.29) is 17.2 Å². The van der Waals surface area contributed by atoms with Crippen molar-refractivity contribution < 1.29 is 4.39 Å². The zero-order valence-electron chi connectivity index (χ0n) is 22.6. The number of anilines is 2. The Kier molecular flexibility index (Phi) is 6.11. The maximum atomic E-state index is 14.9. The van der Waals surface area contributed by atoms with E-state index in [1.165, 1.54) is 24.6 Å². The van der Waals surface area contributed by atoms with E-state index in [9.17, 15) is 4.39 Å². The zero-order chi connectivity index (χ0) is 26.6. The van der Waals surface area contributed by atoms with Crippen LogP contribution >= 0.6 is 0 Å². The molecule has 2 aliphatic rings. The van der Waals surface area contributed by atoms with Gasteiger partial charge in [0.2, 0.25) is 5.95 Å². The number of aryl methyl sites for hydroxylation is 1. The lowest BCUT2D eigenvalue weighted by Gasteiger charge is -2.38. The predicted octanol–water partition coefficient (Wildman–Crippen LogP) is 4.51. The number of likely N-dealkylation sites (tertiary alicyclic amines) is 1. The van der Waals surface area contributed by atoms with Crippen LogP contribution in [0.1, 0.15) is 45.0 Å². The molecule has 198 valence electrons. The highest BCUT2D eigenvalue weighted by molar-refractivity contribution is 5.78. The molecule has 4 aromatic heterocycles. The fraction of sp³-hybridized carbons (Fsp3) is 0.464. The second-order valence-electron chi connectivity index (χ2n) is 11.5. The van der Waals surface area contributed by atoms with Crippen LogP contribution < -0.4 is 5.32 Å². The molecule has 2 saturated heterocycles. The van der Waals surface area contributed by atoms with E-state index in [1.54, 1.807) is 6.20 Å². The molecule has 0 amide bonds. The first-order chi connectivity index (χ1) is 18.2. The lowest BCUT2D eigenvalue weighted by atomic mass is 10.1. The van der Waals surface area contributed by atoms with E-state index in [4.69, 9.17) is 0 Å². The van der Waals surface area contributed by atoms with Crippen molar-refractivity contribution in [3.05, 3.63) is 54.0 Å². The first kappa shape index (κ1) is 24.8. The Hall–Kier alpha value is -3.50. The highest BCUT2D eigenvalue weighted by Gasteiger charge is 2.37. The van der Waals surface area contributed by atoms with Crippen LogP contribution in [0.5, 0.6) is 0 Å². The summed E-state index contributed by atoms with van der Waals surface area (Å²) in [6.45, 7) is 11.4. The molecule has 6 heterocycles. The van der Waals surface area contributed by atoms with E-state index >= 15 is 0 Å². The summed E-state index contributed by atoms with van der Waals surface area (Å²) < 4.78 is 17.0. The van der Waals surface area contributed by atoms with Crippen molar-refractivity contribution in [1.29, 1.82) is 0 Å². The number of imidazole rings is 1. The smallest absolute Gasteiger partial charge is 0.229 e. The Morgan fingerprint density at radius 1 is 1.00 bits per heavy atom. The Bertz CT molecular complexity index is 1460. The van der Waals surface area contributed by atoms with Gasteiger partial charge >= 0.3 is 0 Å². The number of aromatic nitrogens is 6.